The number of nitrogens with zero attached hydrogens (tertiary/aromatic N) is 3. The monoisotopic (exact) mass is 230 g/mol. The van der Waals surface area contributed by atoms with Crippen molar-refractivity contribution in [2.75, 3.05) is 6.61 Å². The van der Waals surface area contributed by atoms with Crippen LogP contribution in [0.1, 0.15) is 16.8 Å². The molecule has 0 fully saturated rings. The molecule has 1 aliphatic rings. The quantitative estimate of drug-likeness (QED) is 0.843. The molecule has 0 bridgehead atoms. The second-order valence-electron chi connectivity index (χ2n) is 4.15. The molecule has 5 heteroatoms. The van der Waals surface area contributed by atoms with Crippen LogP contribution >= 0.6 is 0 Å². The number of hydrogen-bond donors (Lipinski definition) is 1. The summed E-state index contributed by atoms with van der Waals surface area (Å²) in [5.41, 5.74) is 8.80. The van der Waals surface area contributed by atoms with Crippen LogP contribution in [0.5, 0.6) is 5.75 Å². The van der Waals surface area contributed by atoms with Crippen molar-refractivity contribution in [3.8, 4) is 5.75 Å². The maximum atomic E-state index is 5.50. The summed E-state index contributed by atoms with van der Waals surface area (Å²) in [6.45, 7) is 1.94. The normalized spacial score (nSPS) is 13.5. The lowest BCUT2D eigenvalue weighted by Gasteiger charge is -2.03. The number of rotatable bonds is 3. The predicted octanol–water partition coefficient (Wildman–Crippen LogP) is 0.720. The second-order valence-corrected chi connectivity index (χ2v) is 4.15. The van der Waals surface area contributed by atoms with Gasteiger partial charge in [-0.25, -0.2) is 4.68 Å². The van der Waals surface area contributed by atoms with E-state index < -0.39 is 0 Å². The van der Waals surface area contributed by atoms with E-state index in [0.717, 1.165) is 31.0 Å². The highest BCUT2D eigenvalue weighted by Crippen LogP contribution is 2.25. The summed E-state index contributed by atoms with van der Waals surface area (Å²) in [6, 6.07) is 6.26. The van der Waals surface area contributed by atoms with Crippen molar-refractivity contribution in [2.24, 2.45) is 5.73 Å². The molecule has 0 atom stereocenters. The molecule has 88 valence electrons. The lowest BCUT2D eigenvalue weighted by atomic mass is 10.1. The second kappa shape index (κ2) is 4.18. The van der Waals surface area contributed by atoms with Gasteiger partial charge in [0.1, 0.15) is 5.75 Å². The van der Waals surface area contributed by atoms with Gasteiger partial charge in [0.2, 0.25) is 0 Å². The van der Waals surface area contributed by atoms with Crippen molar-refractivity contribution in [1.29, 1.82) is 0 Å². The molecule has 1 aromatic carbocycles. The third kappa shape index (κ3) is 2.01. The molecule has 0 unspecified atom stereocenters. The largest absolute Gasteiger partial charge is 0.493 e. The van der Waals surface area contributed by atoms with Crippen LogP contribution in [0.4, 0.5) is 0 Å². The van der Waals surface area contributed by atoms with Crippen molar-refractivity contribution in [3.05, 3.63) is 41.2 Å². The van der Waals surface area contributed by atoms with Gasteiger partial charge in [-0.15, -0.1) is 5.10 Å². The van der Waals surface area contributed by atoms with Gasteiger partial charge in [-0.3, -0.25) is 0 Å². The molecule has 0 radical (unpaired) electrons. The molecular formula is C12H14N4O. The molecule has 0 aliphatic carbocycles. The van der Waals surface area contributed by atoms with Crippen molar-refractivity contribution < 1.29 is 4.74 Å². The Morgan fingerprint density at radius 1 is 1.41 bits per heavy atom. The number of ether oxygens (including phenoxy) is 1. The Labute approximate surface area is 99.2 Å². The van der Waals surface area contributed by atoms with Crippen molar-refractivity contribution in [1.82, 2.24) is 15.0 Å². The van der Waals surface area contributed by atoms with E-state index >= 15 is 0 Å². The summed E-state index contributed by atoms with van der Waals surface area (Å²) >= 11 is 0. The average Bonchev–Trinajstić information content (AvgIpc) is 2.96. The van der Waals surface area contributed by atoms with E-state index in [2.05, 4.69) is 22.4 Å². The molecule has 2 N–H and O–H groups in total. The number of fused-ring (bicyclic) bond motifs is 1. The van der Waals surface area contributed by atoms with Gasteiger partial charge in [0.15, 0.2) is 0 Å². The summed E-state index contributed by atoms with van der Waals surface area (Å²) in [6.07, 6.45) is 2.87. The molecule has 0 saturated carbocycles. The summed E-state index contributed by atoms with van der Waals surface area (Å²) in [4.78, 5) is 0. The van der Waals surface area contributed by atoms with Crippen molar-refractivity contribution in [3.63, 3.8) is 0 Å². The van der Waals surface area contributed by atoms with Crippen LogP contribution in [0.25, 0.3) is 0 Å². The summed E-state index contributed by atoms with van der Waals surface area (Å²) < 4.78 is 7.28. The van der Waals surface area contributed by atoms with E-state index in [0.29, 0.717) is 6.54 Å². The Balaban J connectivity index is 1.80. The fourth-order valence-corrected chi connectivity index (χ4v) is 2.03. The van der Waals surface area contributed by atoms with Gasteiger partial charge < -0.3 is 10.5 Å². The minimum Gasteiger partial charge on any atom is -0.493 e. The number of hydrogen-bond acceptors (Lipinski definition) is 4. The topological polar surface area (TPSA) is 66.0 Å². The Morgan fingerprint density at radius 3 is 3.18 bits per heavy atom. The van der Waals surface area contributed by atoms with E-state index in [-0.39, 0.29) is 0 Å². The van der Waals surface area contributed by atoms with E-state index in [1.807, 2.05) is 12.3 Å². The zero-order valence-corrected chi connectivity index (χ0v) is 9.47. The van der Waals surface area contributed by atoms with Crippen molar-refractivity contribution in [2.45, 2.75) is 19.5 Å². The molecular weight excluding hydrogens is 216 g/mol. The molecule has 2 aromatic rings. The highest BCUT2D eigenvalue weighted by molar-refractivity contribution is 5.39. The summed E-state index contributed by atoms with van der Waals surface area (Å²) in [5.74, 6) is 1.01. The van der Waals surface area contributed by atoms with Crippen LogP contribution in [0.15, 0.2) is 24.4 Å². The molecule has 2 heterocycles. The molecule has 1 aliphatic heterocycles. The first-order chi connectivity index (χ1) is 8.35. The molecule has 3 rings (SSSR count). The van der Waals surface area contributed by atoms with E-state index in [1.54, 1.807) is 4.68 Å². The van der Waals surface area contributed by atoms with Crippen LogP contribution in [0.3, 0.4) is 0 Å². The lowest BCUT2D eigenvalue weighted by Crippen LogP contribution is -2.00. The first kappa shape index (κ1) is 10.3. The molecule has 5 nitrogen and oxygen atoms in total. The van der Waals surface area contributed by atoms with Gasteiger partial charge in [-0.2, -0.15) is 0 Å². The van der Waals surface area contributed by atoms with Gasteiger partial charge in [0.05, 0.1) is 25.0 Å². The first-order valence-corrected chi connectivity index (χ1v) is 5.69. The number of aromatic nitrogens is 3. The van der Waals surface area contributed by atoms with Crippen LogP contribution in [-0.2, 0) is 19.5 Å². The minimum atomic E-state index is 0.429. The van der Waals surface area contributed by atoms with Gasteiger partial charge in [-0.1, -0.05) is 17.3 Å². The standard InChI is InChI=1S/C12H14N4O/c13-6-11-8-16(15-14-11)7-9-1-2-12-10(5-9)3-4-17-12/h1-2,5,8H,3-4,6-7,13H2. The Morgan fingerprint density at radius 2 is 2.35 bits per heavy atom. The lowest BCUT2D eigenvalue weighted by molar-refractivity contribution is 0.357. The van der Waals surface area contributed by atoms with Crippen LogP contribution in [0, 0.1) is 0 Å². The SMILES string of the molecule is NCc1cn(Cc2ccc3c(c2)CCO3)nn1. The van der Waals surface area contributed by atoms with Crippen LogP contribution in [0.2, 0.25) is 0 Å². The predicted molar refractivity (Wildman–Crippen MR) is 62.7 cm³/mol. The molecule has 17 heavy (non-hydrogen) atoms. The van der Waals surface area contributed by atoms with E-state index in [1.165, 1.54) is 11.1 Å². The minimum absolute atomic E-state index is 0.429. The van der Waals surface area contributed by atoms with Crippen LogP contribution < -0.4 is 10.5 Å². The fraction of sp³-hybridized carbons (Fsp3) is 0.333. The van der Waals surface area contributed by atoms with Gasteiger partial charge in [0.25, 0.3) is 0 Å². The smallest absolute Gasteiger partial charge is 0.122 e. The molecule has 0 amide bonds. The molecule has 0 spiro atoms. The van der Waals surface area contributed by atoms with Crippen molar-refractivity contribution >= 4 is 0 Å². The third-order valence-corrected chi connectivity index (χ3v) is 2.89. The summed E-state index contributed by atoms with van der Waals surface area (Å²) in [7, 11) is 0. The maximum Gasteiger partial charge on any atom is 0.122 e. The third-order valence-electron chi connectivity index (χ3n) is 2.89. The zero-order valence-electron chi connectivity index (χ0n) is 9.47. The van der Waals surface area contributed by atoms with Gasteiger partial charge in [0, 0.05) is 13.0 Å². The number of nitrogens with two attached hydrogens (primary N) is 1. The Bertz CT molecular complexity index is 535. The van der Waals surface area contributed by atoms with E-state index in [9.17, 15) is 0 Å². The number of benzene rings is 1. The van der Waals surface area contributed by atoms with E-state index in [4.69, 9.17) is 10.5 Å². The first-order valence-electron chi connectivity index (χ1n) is 5.69. The van der Waals surface area contributed by atoms with Gasteiger partial charge in [-0.05, 0) is 17.2 Å². The van der Waals surface area contributed by atoms with Gasteiger partial charge >= 0.3 is 0 Å². The Kier molecular flexibility index (Phi) is 2.53. The zero-order chi connectivity index (χ0) is 11.7. The Hall–Kier alpha value is -1.88. The molecule has 0 saturated heterocycles. The van der Waals surface area contributed by atoms with Crippen LogP contribution in [-0.4, -0.2) is 21.6 Å². The highest BCUT2D eigenvalue weighted by Gasteiger charge is 2.12. The summed E-state index contributed by atoms with van der Waals surface area (Å²) in [5, 5.41) is 8.00. The fourth-order valence-electron chi connectivity index (χ4n) is 2.03. The molecule has 1 aromatic heterocycles. The average molecular weight is 230 g/mol. The maximum absolute atomic E-state index is 5.50. The highest BCUT2D eigenvalue weighted by atomic mass is 16.5.